The van der Waals surface area contributed by atoms with E-state index >= 15 is 0 Å². The van der Waals surface area contributed by atoms with Gasteiger partial charge in [0, 0.05) is 38.2 Å². The molecule has 0 aliphatic carbocycles. The Kier molecular flexibility index (Phi) is 7.01. The van der Waals surface area contributed by atoms with Gasteiger partial charge < -0.3 is 15.0 Å². The van der Waals surface area contributed by atoms with Crippen LogP contribution in [0.5, 0.6) is 5.75 Å². The molecule has 0 heterocycles. The maximum Gasteiger partial charge on any atom is 0.226 e. The first-order chi connectivity index (χ1) is 12.1. The van der Waals surface area contributed by atoms with Crippen LogP contribution < -0.4 is 10.1 Å². The highest BCUT2D eigenvalue weighted by molar-refractivity contribution is 5.91. The molecule has 0 unspecified atom stereocenters. The summed E-state index contributed by atoms with van der Waals surface area (Å²) >= 11 is 0. The molecule has 0 saturated carbocycles. The fourth-order valence-corrected chi connectivity index (χ4v) is 2.50. The molecule has 0 saturated heterocycles. The average molecular weight is 340 g/mol. The van der Waals surface area contributed by atoms with Crippen LogP contribution in [0, 0.1) is 0 Å². The Morgan fingerprint density at radius 2 is 1.80 bits per heavy atom. The van der Waals surface area contributed by atoms with E-state index in [4.69, 9.17) is 4.74 Å². The molecule has 1 N–H and O–H groups in total. The van der Waals surface area contributed by atoms with Gasteiger partial charge in [-0.15, -0.1) is 0 Å². The second kappa shape index (κ2) is 9.47. The molecular weight excluding hydrogens is 316 g/mol. The third-order valence-corrected chi connectivity index (χ3v) is 3.92. The molecule has 0 atom stereocenters. The lowest BCUT2D eigenvalue weighted by molar-refractivity contribution is -0.129. The number of methoxy groups -OCH3 is 1. The Hall–Kier alpha value is -2.82. The van der Waals surface area contributed by atoms with Crippen LogP contribution in [-0.2, 0) is 16.0 Å². The van der Waals surface area contributed by atoms with Gasteiger partial charge in [0.1, 0.15) is 5.75 Å². The van der Waals surface area contributed by atoms with Crippen LogP contribution in [0.3, 0.4) is 0 Å². The Morgan fingerprint density at radius 3 is 2.48 bits per heavy atom. The van der Waals surface area contributed by atoms with Crippen molar-refractivity contribution in [3.63, 3.8) is 0 Å². The second-order valence-electron chi connectivity index (χ2n) is 5.77. The van der Waals surface area contributed by atoms with Crippen LogP contribution in [0.2, 0.25) is 0 Å². The Labute approximate surface area is 148 Å². The van der Waals surface area contributed by atoms with Gasteiger partial charge in [0.2, 0.25) is 11.8 Å². The summed E-state index contributed by atoms with van der Waals surface area (Å²) in [6.45, 7) is 2.54. The van der Waals surface area contributed by atoms with Crippen LogP contribution in [0.15, 0.2) is 54.6 Å². The molecule has 0 aliphatic heterocycles. The molecule has 0 spiro atoms. The van der Waals surface area contributed by atoms with E-state index in [0.717, 1.165) is 6.42 Å². The summed E-state index contributed by atoms with van der Waals surface area (Å²) in [4.78, 5) is 25.6. The van der Waals surface area contributed by atoms with Crippen LogP contribution in [0.1, 0.15) is 18.9 Å². The topological polar surface area (TPSA) is 58.6 Å². The summed E-state index contributed by atoms with van der Waals surface area (Å²) in [7, 11) is 1.58. The summed E-state index contributed by atoms with van der Waals surface area (Å²) < 4.78 is 5.14. The van der Waals surface area contributed by atoms with Crippen LogP contribution in [0.25, 0.3) is 0 Å². The number of ether oxygens (including phenoxy) is 1. The molecule has 2 amide bonds. The number of amides is 2. The predicted molar refractivity (Wildman–Crippen MR) is 98.6 cm³/mol. The highest BCUT2D eigenvalue weighted by atomic mass is 16.5. The molecule has 5 heteroatoms. The monoisotopic (exact) mass is 340 g/mol. The van der Waals surface area contributed by atoms with Crippen molar-refractivity contribution in [1.29, 1.82) is 0 Å². The fraction of sp³-hybridized carbons (Fsp3) is 0.300. The first kappa shape index (κ1) is 18.5. The van der Waals surface area contributed by atoms with Crippen molar-refractivity contribution in [2.45, 2.75) is 19.8 Å². The molecule has 2 rings (SSSR count). The van der Waals surface area contributed by atoms with Crippen molar-refractivity contribution >= 4 is 17.5 Å². The molecule has 5 nitrogen and oxygen atoms in total. The van der Waals surface area contributed by atoms with E-state index in [0.29, 0.717) is 24.5 Å². The summed E-state index contributed by atoms with van der Waals surface area (Å²) in [5.41, 5.74) is 1.86. The highest BCUT2D eigenvalue weighted by Crippen LogP contribution is 2.16. The number of anilines is 1. The van der Waals surface area contributed by atoms with Crippen molar-refractivity contribution in [2.24, 2.45) is 0 Å². The van der Waals surface area contributed by atoms with Crippen LogP contribution >= 0.6 is 0 Å². The van der Waals surface area contributed by atoms with Crippen molar-refractivity contribution in [1.82, 2.24) is 4.90 Å². The van der Waals surface area contributed by atoms with Crippen molar-refractivity contribution in [3.8, 4) is 5.75 Å². The maximum atomic E-state index is 12.1. The number of hydrogen-bond donors (Lipinski definition) is 1. The Morgan fingerprint density at radius 1 is 1.04 bits per heavy atom. The average Bonchev–Trinajstić information content (AvgIpc) is 2.62. The van der Waals surface area contributed by atoms with E-state index in [-0.39, 0.29) is 18.2 Å². The van der Waals surface area contributed by atoms with Gasteiger partial charge >= 0.3 is 0 Å². The number of carbonyl (C=O) groups is 2. The van der Waals surface area contributed by atoms with Gasteiger partial charge in [-0.3, -0.25) is 9.59 Å². The summed E-state index contributed by atoms with van der Waals surface area (Å²) in [5.74, 6) is 0.537. The lowest BCUT2D eigenvalue weighted by Crippen LogP contribution is -2.33. The minimum atomic E-state index is -0.126. The first-order valence-corrected chi connectivity index (χ1v) is 8.32. The van der Waals surface area contributed by atoms with E-state index in [1.165, 1.54) is 12.5 Å². The molecular formula is C20H24N2O3. The fourth-order valence-electron chi connectivity index (χ4n) is 2.50. The van der Waals surface area contributed by atoms with E-state index in [1.54, 1.807) is 24.1 Å². The number of carbonyl (C=O) groups excluding carboxylic acids is 2. The molecule has 2 aromatic carbocycles. The number of benzene rings is 2. The Bertz CT molecular complexity index is 701. The van der Waals surface area contributed by atoms with Gasteiger partial charge in [-0.2, -0.15) is 0 Å². The zero-order valence-electron chi connectivity index (χ0n) is 14.7. The molecule has 25 heavy (non-hydrogen) atoms. The van der Waals surface area contributed by atoms with Crippen LogP contribution in [-0.4, -0.2) is 36.9 Å². The molecule has 0 aromatic heterocycles. The number of hydrogen-bond acceptors (Lipinski definition) is 3. The lowest BCUT2D eigenvalue weighted by atomic mass is 10.1. The highest BCUT2D eigenvalue weighted by Gasteiger charge is 2.11. The molecule has 0 aliphatic rings. The molecule has 132 valence electrons. The van der Waals surface area contributed by atoms with Crippen molar-refractivity contribution in [2.75, 3.05) is 25.5 Å². The molecule has 0 bridgehead atoms. The van der Waals surface area contributed by atoms with E-state index < -0.39 is 0 Å². The maximum absolute atomic E-state index is 12.1. The normalized spacial score (nSPS) is 10.2. The summed E-state index contributed by atoms with van der Waals surface area (Å²) in [6.07, 6.45) is 1.03. The zero-order chi connectivity index (χ0) is 18.1. The minimum Gasteiger partial charge on any atom is -0.497 e. The second-order valence-corrected chi connectivity index (χ2v) is 5.77. The van der Waals surface area contributed by atoms with E-state index in [9.17, 15) is 9.59 Å². The third-order valence-electron chi connectivity index (χ3n) is 3.92. The summed E-state index contributed by atoms with van der Waals surface area (Å²) in [6, 6.07) is 17.2. The zero-order valence-corrected chi connectivity index (χ0v) is 14.7. The number of nitrogens with one attached hydrogen (secondary N) is 1. The SMILES string of the molecule is COc1cccc(NC(=O)CCN(CCc2ccccc2)C(C)=O)c1. The lowest BCUT2D eigenvalue weighted by Gasteiger charge is -2.21. The van der Waals surface area contributed by atoms with E-state index in [2.05, 4.69) is 5.32 Å². The van der Waals surface area contributed by atoms with Gasteiger partial charge in [0.15, 0.2) is 0 Å². The minimum absolute atomic E-state index is 0.0230. The molecule has 0 fully saturated rings. The van der Waals surface area contributed by atoms with Gasteiger partial charge in [0.25, 0.3) is 0 Å². The number of rotatable bonds is 8. The van der Waals surface area contributed by atoms with Crippen LogP contribution in [0.4, 0.5) is 5.69 Å². The van der Waals surface area contributed by atoms with Gasteiger partial charge in [-0.25, -0.2) is 0 Å². The van der Waals surface area contributed by atoms with Gasteiger partial charge in [-0.05, 0) is 24.1 Å². The Balaban J connectivity index is 1.83. The predicted octanol–water partition coefficient (Wildman–Crippen LogP) is 3.12. The largest absolute Gasteiger partial charge is 0.497 e. The molecule has 2 aromatic rings. The molecule has 0 radical (unpaired) electrons. The smallest absolute Gasteiger partial charge is 0.226 e. The van der Waals surface area contributed by atoms with Crippen molar-refractivity contribution < 1.29 is 14.3 Å². The first-order valence-electron chi connectivity index (χ1n) is 8.32. The number of nitrogens with zero attached hydrogens (tertiary/aromatic N) is 1. The standard InChI is InChI=1S/C20H24N2O3/c1-16(23)22(13-11-17-7-4-3-5-8-17)14-12-20(24)21-18-9-6-10-19(15-18)25-2/h3-10,15H,11-14H2,1-2H3,(H,21,24). The van der Waals surface area contributed by atoms with Gasteiger partial charge in [-0.1, -0.05) is 36.4 Å². The quantitative estimate of drug-likeness (QED) is 0.803. The van der Waals surface area contributed by atoms with Gasteiger partial charge in [0.05, 0.1) is 7.11 Å². The van der Waals surface area contributed by atoms with Crippen molar-refractivity contribution in [3.05, 3.63) is 60.2 Å². The summed E-state index contributed by atoms with van der Waals surface area (Å²) in [5, 5.41) is 2.83. The third kappa shape index (κ3) is 6.30. The van der Waals surface area contributed by atoms with E-state index in [1.807, 2.05) is 42.5 Å².